The van der Waals surface area contributed by atoms with Crippen molar-refractivity contribution in [1.82, 2.24) is 0 Å². The lowest BCUT2D eigenvalue weighted by Gasteiger charge is -2.03. The third-order valence-electron chi connectivity index (χ3n) is 2.20. The van der Waals surface area contributed by atoms with Crippen molar-refractivity contribution in [1.29, 1.82) is 0 Å². The van der Waals surface area contributed by atoms with Crippen LogP contribution in [-0.4, -0.2) is 18.8 Å². The number of hydrogen-bond donors (Lipinski definition) is 1. The van der Waals surface area contributed by atoms with Crippen LogP contribution in [0.1, 0.15) is 18.9 Å². The molecule has 2 nitrogen and oxygen atoms in total. The van der Waals surface area contributed by atoms with Gasteiger partial charge in [-0.1, -0.05) is 19.1 Å². The molecule has 0 bridgehead atoms. The molecule has 0 saturated heterocycles. The molecule has 0 aliphatic rings. The van der Waals surface area contributed by atoms with Gasteiger partial charge >= 0.3 is 0 Å². The van der Waals surface area contributed by atoms with Crippen LogP contribution in [0.3, 0.4) is 0 Å². The Balaban J connectivity index is 2.97. The van der Waals surface area contributed by atoms with Gasteiger partial charge in [-0.05, 0) is 29.7 Å². The van der Waals surface area contributed by atoms with Crippen molar-refractivity contribution in [3.05, 3.63) is 35.2 Å². The summed E-state index contributed by atoms with van der Waals surface area (Å²) in [5.74, 6) is -0.158. The van der Waals surface area contributed by atoms with Crippen molar-refractivity contribution in [2.24, 2.45) is 0 Å². The van der Waals surface area contributed by atoms with Crippen LogP contribution in [-0.2, 0) is 0 Å². The Morgan fingerprint density at radius 1 is 1.53 bits per heavy atom. The van der Waals surface area contributed by atoms with Crippen LogP contribution in [0.25, 0.3) is 6.08 Å². The summed E-state index contributed by atoms with van der Waals surface area (Å²) in [6.45, 7) is 1.95. The van der Waals surface area contributed by atoms with Gasteiger partial charge in [0.1, 0.15) is 0 Å². The van der Waals surface area contributed by atoms with E-state index in [0.717, 1.165) is 17.6 Å². The molecule has 1 rings (SSSR count). The van der Waals surface area contributed by atoms with Gasteiger partial charge in [-0.15, -0.1) is 0 Å². The van der Waals surface area contributed by atoms with E-state index >= 15 is 0 Å². The largest absolute Gasteiger partial charge is 0.494 e. The van der Waals surface area contributed by atoms with Crippen LogP contribution in [0.4, 0.5) is 4.39 Å². The van der Waals surface area contributed by atoms with Gasteiger partial charge in [0.05, 0.1) is 13.7 Å². The maximum absolute atomic E-state index is 13.3. The van der Waals surface area contributed by atoms with Gasteiger partial charge in [-0.2, -0.15) is 0 Å². The summed E-state index contributed by atoms with van der Waals surface area (Å²) in [6.07, 6.45) is 2.53. The first kappa shape index (κ1) is 11.7. The van der Waals surface area contributed by atoms with Crippen molar-refractivity contribution in [2.75, 3.05) is 13.7 Å². The molecule has 0 saturated carbocycles. The SMILES string of the molecule is CCC(=Cc1ccc(OC)c(F)c1)CO. The van der Waals surface area contributed by atoms with Crippen molar-refractivity contribution in [3.63, 3.8) is 0 Å². The van der Waals surface area contributed by atoms with E-state index < -0.39 is 0 Å². The highest BCUT2D eigenvalue weighted by molar-refractivity contribution is 5.54. The van der Waals surface area contributed by atoms with E-state index in [9.17, 15) is 4.39 Å². The highest BCUT2D eigenvalue weighted by Gasteiger charge is 2.02. The Hall–Kier alpha value is -1.35. The second-order valence-electron chi connectivity index (χ2n) is 3.21. The van der Waals surface area contributed by atoms with Gasteiger partial charge in [-0.25, -0.2) is 4.39 Å². The summed E-state index contributed by atoms with van der Waals surface area (Å²) >= 11 is 0. The van der Waals surface area contributed by atoms with E-state index in [1.165, 1.54) is 13.2 Å². The molecule has 3 heteroatoms. The van der Waals surface area contributed by atoms with E-state index in [0.29, 0.717) is 0 Å². The zero-order valence-electron chi connectivity index (χ0n) is 8.96. The minimum atomic E-state index is -0.389. The molecule has 0 unspecified atom stereocenters. The van der Waals surface area contributed by atoms with Gasteiger partial charge in [0.25, 0.3) is 0 Å². The average molecular weight is 210 g/mol. The predicted molar refractivity (Wildman–Crippen MR) is 58.3 cm³/mol. The predicted octanol–water partition coefficient (Wildman–Crippen LogP) is 2.62. The molecule has 1 aromatic rings. The third-order valence-corrected chi connectivity index (χ3v) is 2.20. The molecule has 0 fully saturated rings. The Morgan fingerprint density at radius 3 is 2.73 bits per heavy atom. The van der Waals surface area contributed by atoms with Crippen LogP contribution >= 0.6 is 0 Å². The first-order chi connectivity index (χ1) is 7.21. The minimum Gasteiger partial charge on any atom is -0.494 e. The normalized spacial score (nSPS) is 11.6. The van der Waals surface area contributed by atoms with E-state index in [2.05, 4.69) is 0 Å². The fraction of sp³-hybridized carbons (Fsp3) is 0.333. The standard InChI is InChI=1S/C12H15FO2/c1-3-9(8-14)6-10-4-5-12(15-2)11(13)7-10/h4-7,14H,3,8H2,1-2H3. The average Bonchev–Trinajstić information content (AvgIpc) is 2.26. The third kappa shape index (κ3) is 3.06. The molecule has 0 aromatic heterocycles. The van der Waals surface area contributed by atoms with Crippen molar-refractivity contribution in [2.45, 2.75) is 13.3 Å². The van der Waals surface area contributed by atoms with E-state index in [-0.39, 0.29) is 18.2 Å². The monoisotopic (exact) mass is 210 g/mol. The summed E-state index contributed by atoms with van der Waals surface area (Å²) < 4.78 is 18.1. The number of benzene rings is 1. The number of hydrogen-bond acceptors (Lipinski definition) is 2. The highest BCUT2D eigenvalue weighted by atomic mass is 19.1. The lowest BCUT2D eigenvalue weighted by Crippen LogP contribution is -1.90. The number of methoxy groups -OCH3 is 1. The summed E-state index contributed by atoms with van der Waals surface area (Å²) in [5, 5.41) is 8.97. The molecule has 82 valence electrons. The number of aliphatic hydroxyl groups is 1. The van der Waals surface area contributed by atoms with E-state index in [4.69, 9.17) is 9.84 Å². The second-order valence-corrected chi connectivity index (χ2v) is 3.21. The Kier molecular flexibility index (Phi) is 4.31. The molecule has 0 spiro atoms. The first-order valence-electron chi connectivity index (χ1n) is 4.85. The van der Waals surface area contributed by atoms with Gasteiger partial charge in [0.15, 0.2) is 11.6 Å². The number of ether oxygens (including phenoxy) is 1. The molecule has 0 aliphatic carbocycles. The van der Waals surface area contributed by atoms with Gasteiger partial charge < -0.3 is 9.84 Å². The zero-order chi connectivity index (χ0) is 11.3. The van der Waals surface area contributed by atoms with Crippen molar-refractivity contribution in [3.8, 4) is 5.75 Å². The molecule has 0 aliphatic heterocycles. The van der Waals surface area contributed by atoms with Crippen LogP contribution in [0.15, 0.2) is 23.8 Å². The lowest BCUT2D eigenvalue weighted by molar-refractivity contribution is 0.329. The Morgan fingerprint density at radius 2 is 2.27 bits per heavy atom. The van der Waals surface area contributed by atoms with Gasteiger partial charge in [-0.3, -0.25) is 0 Å². The van der Waals surface area contributed by atoms with Gasteiger partial charge in [0.2, 0.25) is 0 Å². The van der Waals surface area contributed by atoms with Crippen molar-refractivity contribution < 1.29 is 14.2 Å². The molecular weight excluding hydrogens is 195 g/mol. The first-order valence-corrected chi connectivity index (χ1v) is 4.85. The minimum absolute atomic E-state index is 0.00412. The lowest BCUT2D eigenvalue weighted by atomic mass is 10.1. The topological polar surface area (TPSA) is 29.5 Å². The molecule has 0 amide bonds. The van der Waals surface area contributed by atoms with E-state index in [1.54, 1.807) is 18.2 Å². The highest BCUT2D eigenvalue weighted by Crippen LogP contribution is 2.19. The summed E-state index contributed by atoms with van der Waals surface area (Å²) in [5.41, 5.74) is 1.61. The number of rotatable bonds is 4. The molecule has 0 heterocycles. The summed E-state index contributed by atoms with van der Waals surface area (Å²) in [7, 11) is 1.43. The molecule has 0 radical (unpaired) electrons. The van der Waals surface area contributed by atoms with Crippen LogP contribution in [0.5, 0.6) is 5.75 Å². The van der Waals surface area contributed by atoms with Crippen LogP contribution in [0, 0.1) is 5.82 Å². The van der Waals surface area contributed by atoms with Crippen LogP contribution in [0.2, 0.25) is 0 Å². The fourth-order valence-corrected chi connectivity index (χ4v) is 1.27. The molecule has 1 N–H and O–H groups in total. The number of aliphatic hydroxyl groups excluding tert-OH is 1. The number of halogens is 1. The fourth-order valence-electron chi connectivity index (χ4n) is 1.27. The molecule has 0 atom stereocenters. The Labute approximate surface area is 89.0 Å². The summed E-state index contributed by atoms with van der Waals surface area (Å²) in [6, 6.07) is 4.73. The quantitative estimate of drug-likeness (QED) is 0.827. The second kappa shape index (κ2) is 5.51. The molecule has 15 heavy (non-hydrogen) atoms. The maximum atomic E-state index is 13.3. The van der Waals surface area contributed by atoms with Crippen LogP contribution < -0.4 is 4.74 Å². The summed E-state index contributed by atoms with van der Waals surface area (Å²) in [4.78, 5) is 0. The molecular formula is C12H15FO2. The maximum Gasteiger partial charge on any atom is 0.165 e. The van der Waals surface area contributed by atoms with E-state index in [1.807, 2.05) is 6.92 Å². The smallest absolute Gasteiger partial charge is 0.165 e. The van der Waals surface area contributed by atoms with Crippen molar-refractivity contribution >= 4 is 6.08 Å². The van der Waals surface area contributed by atoms with Gasteiger partial charge in [0, 0.05) is 0 Å². The molecule has 1 aromatic carbocycles. The zero-order valence-corrected chi connectivity index (χ0v) is 8.96. The Bertz CT molecular complexity index is 353.